The molecule has 2 aliphatic heterocycles. The molecule has 1 unspecified atom stereocenters. The summed E-state index contributed by atoms with van der Waals surface area (Å²) >= 11 is 0. The zero-order valence-corrected chi connectivity index (χ0v) is 17.1. The highest BCUT2D eigenvalue weighted by atomic mass is 16.5. The van der Waals surface area contributed by atoms with E-state index in [1.165, 1.54) is 5.56 Å². The van der Waals surface area contributed by atoms with Crippen LogP contribution < -0.4 is 14.2 Å². The lowest BCUT2D eigenvalue weighted by atomic mass is 9.94. The third kappa shape index (κ3) is 4.32. The van der Waals surface area contributed by atoms with Gasteiger partial charge < -0.3 is 19.1 Å². The number of methoxy groups -OCH3 is 2. The molecular weight excluding hydrogens is 368 g/mol. The van der Waals surface area contributed by atoms with Crippen LogP contribution in [0.3, 0.4) is 0 Å². The molecule has 2 aromatic carbocycles. The smallest absolute Gasteiger partial charge is 0.229 e. The number of hydrogen-bond acceptors (Lipinski definition) is 5. The van der Waals surface area contributed by atoms with Crippen molar-refractivity contribution in [1.29, 1.82) is 0 Å². The van der Waals surface area contributed by atoms with Crippen molar-refractivity contribution in [3.05, 3.63) is 53.6 Å². The van der Waals surface area contributed by atoms with Gasteiger partial charge in [-0.3, -0.25) is 9.69 Å². The number of rotatable bonds is 5. The first kappa shape index (κ1) is 19.6. The van der Waals surface area contributed by atoms with E-state index in [0.29, 0.717) is 13.0 Å². The van der Waals surface area contributed by atoms with E-state index in [2.05, 4.69) is 17.0 Å². The van der Waals surface area contributed by atoms with Crippen molar-refractivity contribution in [3.63, 3.8) is 0 Å². The predicted molar refractivity (Wildman–Crippen MR) is 111 cm³/mol. The minimum Gasteiger partial charge on any atom is -0.497 e. The molecule has 6 heteroatoms. The number of nitrogens with zero attached hydrogens (tertiary/aromatic N) is 2. The van der Waals surface area contributed by atoms with Gasteiger partial charge in [0, 0.05) is 38.3 Å². The summed E-state index contributed by atoms with van der Waals surface area (Å²) in [6, 6.07) is 14.0. The highest BCUT2D eigenvalue weighted by Gasteiger charge is 2.32. The second-order valence-corrected chi connectivity index (χ2v) is 7.60. The number of benzene rings is 2. The molecule has 0 bridgehead atoms. The maximum Gasteiger partial charge on any atom is 0.229 e. The van der Waals surface area contributed by atoms with Gasteiger partial charge >= 0.3 is 0 Å². The number of carbonyl (C=O) groups excluding carboxylic acids is 1. The Hall–Kier alpha value is -2.73. The Morgan fingerprint density at radius 1 is 1.03 bits per heavy atom. The molecule has 0 radical (unpaired) electrons. The van der Waals surface area contributed by atoms with Gasteiger partial charge in [-0.05, 0) is 36.2 Å². The van der Waals surface area contributed by atoms with Gasteiger partial charge in [0.15, 0.2) is 0 Å². The molecule has 4 rings (SSSR count). The first-order valence-corrected chi connectivity index (χ1v) is 10.1. The summed E-state index contributed by atoms with van der Waals surface area (Å²) in [5.41, 5.74) is 2.26. The number of ether oxygens (including phenoxy) is 3. The lowest BCUT2D eigenvalue weighted by Crippen LogP contribution is -2.51. The largest absolute Gasteiger partial charge is 0.497 e. The summed E-state index contributed by atoms with van der Waals surface area (Å²) in [5, 5.41) is 0. The Balaban J connectivity index is 1.32. The van der Waals surface area contributed by atoms with E-state index in [0.717, 1.165) is 55.5 Å². The Morgan fingerprint density at radius 2 is 1.79 bits per heavy atom. The van der Waals surface area contributed by atoms with E-state index in [-0.39, 0.29) is 11.8 Å². The van der Waals surface area contributed by atoms with E-state index >= 15 is 0 Å². The van der Waals surface area contributed by atoms with E-state index in [9.17, 15) is 4.79 Å². The minimum absolute atomic E-state index is 0.146. The van der Waals surface area contributed by atoms with Crippen molar-refractivity contribution < 1.29 is 19.0 Å². The SMILES string of the molecule is COc1ccc(CN2CCN(C(=O)C3COc4cccc(OC)c4C3)CC2)cc1. The van der Waals surface area contributed by atoms with Crippen LogP contribution in [0.25, 0.3) is 0 Å². The Kier molecular flexibility index (Phi) is 5.90. The highest BCUT2D eigenvalue weighted by molar-refractivity contribution is 5.80. The highest BCUT2D eigenvalue weighted by Crippen LogP contribution is 2.35. The van der Waals surface area contributed by atoms with Crippen LogP contribution in [-0.2, 0) is 17.8 Å². The first-order valence-electron chi connectivity index (χ1n) is 10.1. The van der Waals surface area contributed by atoms with Crippen molar-refractivity contribution >= 4 is 5.91 Å². The van der Waals surface area contributed by atoms with Crippen molar-refractivity contribution in [2.75, 3.05) is 47.0 Å². The van der Waals surface area contributed by atoms with Crippen LogP contribution >= 0.6 is 0 Å². The number of hydrogen-bond donors (Lipinski definition) is 0. The maximum atomic E-state index is 13.1. The Labute approximate surface area is 172 Å². The summed E-state index contributed by atoms with van der Waals surface area (Å²) in [6.07, 6.45) is 0.671. The molecule has 2 heterocycles. The summed E-state index contributed by atoms with van der Waals surface area (Å²) in [7, 11) is 3.33. The van der Waals surface area contributed by atoms with Crippen LogP contribution in [0.2, 0.25) is 0 Å². The minimum atomic E-state index is -0.146. The molecule has 1 atom stereocenters. The van der Waals surface area contributed by atoms with Crippen LogP contribution in [0.4, 0.5) is 0 Å². The van der Waals surface area contributed by atoms with E-state index < -0.39 is 0 Å². The van der Waals surface area contributed by atoms with Crippen LogP contribution in [-0.4, -0.2) is 62.7 Å². The fraction of sp³-hybridized carbons (Fsp3) is 0.435. The van der Waals surface area contributed by atoms with Crippen LogP contribution in [0.1, 0.15) is 11.1 Å². The molecule has 0 aromatic heterocycles. The average Bonchev–Trinajstić information content (AvgIpc) is 2.79. The number of amides is 1. The Bertz CT molecular complexity index is 830. The monoisotopic (exact) mass is 396 g/mol. The van der Waals surface area contributed by atoms with Crippen LogP contribution in [0, 0.1) is 5.92 Å². The fourth-order valence-electron chi connectivity index (χ4n) is 4.10. The normalized spacial score (nSPS) is 19.2. The lowest BCUT2D eigenvalue weighted by Gasteiger charge is -2.37. The zero-order valence-electron chi connectivity index (χ0n) is 17.1. The van der Waals surface area contributed by atoms with Gasteiger partial charge in [-0.1, -0.05) is 18.2 Å². The lowest BCUT2D eigenvalue weighted by molar-refractivity contribution is -0.138. The molecule has 2 aromatic rings. The molecule has 0 saturated carbocycles. The van der Waals surface area contributed by atoms with E-state index in [1.807, 2.05) is 35.2 Å². The standard InChI is InChI=1S/C23H28N2O4/c1-27-19-8-6-17(7-9-19)15-24-10-12-25(13-11-24)23(26)18-14-20-21(28-2)4-3-5-22(20)29-16-18/h3-9,18H,10-16H2,1-2H3. The molecule has 1 fully saturated rings. The molecule has 29 heavy (non-hydrogen) atoms. The van der Waals surface area contributed by atoms with Gasteiger partial charge in [-0.2, -0.15) is 0 Å². The fourth-order valence-corrected chi connectivity index (χ4v) is 4.10. The molecule has 0 aliphatic carbocycles. The van der Waals surface area contributed by atoms with Crippen molar-refractivity contribution in [3.8, 4) is 17.2 Å². The van der Waals surface area contributed by atoms with Crippen LogP contribution in [0.5, 0.6) is 17.2 Å². The van der Waals surface area contributed by atoms with Gasteiger partial charge in [0.25, 0.3) is 0 Å². The molecule has 154 valence electrons. The molecular formula is C23H28N2O4. The first-order chi connectivity index (χ1) is 14.2. The van der Waals surface area contributed by atoms with Gasteiger partial charge in [0.05, 0.1) is 20.1 Å². The number of carbonyl (C=O) groups is 1. The molecule has 0 N–H and O–H groups in total. The van der Waals surface area contributed by atoms with Crippen molar-refractivity contribution in [1.82, 2.24) is 9.80 Å². The van der Waals surface area contributed by atoms with E-state index in [4.69, 9.17) is 14.2 Å². The third-order valence-corrected chi connectivity index (χ3v) is 5.80. The summed E-state index contributed by atoms with van der Waals surface area (Å²) < 4.78 is 16.5. The molecule has 2 aliphatic rings. The van der Waals surface area contributed by atoms with Gasteiger partial charge in [0.1, 0.15) is 23.9 Å². The Morgan fingerprint density at radius 3 is 2.48 bits per heavy atom. The quantitative estimate of drug-likeness (QED) is 0.778. The summed E-state index contributed by atoms with van der Waals surface area (Å²) in [6.45, 7) is 4.60. The topological polar surface area (TPSA) is 51.2 Å². The van der Waals surface area contributed by atoms with E-state index in [1.54, 1.807) is 14.2 Å². The van der Waals surface area contributed by atoms with Gasteiger partial charge in [-0.15, -0.1) is 0 Å². The van der Waals surface area contributed by atoms with Crippen molar-refractivity contribution in [2.24, 2.45) is 5.92 Å². The maximum absolute atomic E-state index is 13.1. The van der Waals surface area contributed by atoms with Crippen LogP contribution in [0.15, 0.2) is 42.5 Å². The van der Waals surface area contributed by atoms with Gasteiger partial charge in [0.2, 0.25) is 5.91 Å². The number of piperazine rings is 1. The summed E-state index contributed by atoms with van der Waals surface area (Å²) in [5.74, 6) is 2.54. The zero-order chi connectivity index (χ0) is 20.2. The second-order valence-electron chi connectivity index (χ2n) is 7.60. The summed E-state index contributed by atoms with van der Waals surface area (Å²) in [4.78, 5) is 17.4. The van der Waals surface area contributed by atoms with Gasteiger partial charge in [-0.25, -0.2) is 0 Å². The molecule has 1 amide bonds. The molecule has 6 nitrogen and oxygen atoms in total. The molecule has 1 saturated heterocycles. The third-order valence-electron chi connectivity index (χ3n) is 5.80. The van der Waals surface area contributed by atoms with Crippen molar-refractivity contribution in [2.45, 2.75) is 13.0 Å². The predicted octanol–water partition coefficient (Wildman–Crippen LogP) is 2.60. The number of fused-ring (bicyclic) bond motifs is 1. The second kappa shape index (κ2) is 8.74. The molecule has 0 spiro atoms. The average molecular weight is 396 g/mol.